The predicted octanol–water partition coefficient (Wildman–Crippen LogP) is 3.70. The van der Waals surface area contributed by atoms with Crippen molar-refractivity contribution in [2.75, 3.05) is 43.4 Å². The second-order valence-corrected chi connectivity index (χ2v) is 8.51. The maximum absolute atomic E-state index is 12.9. The summed E-state index contributed by atoms with van der Waals surface area (Å²) in [6, 6.07) is 10.9. The van der Waals surface area contributed by atoms with E-state index in [1.807, 2.05) is 18.2 Å². The summed E-state index contributed by atoms with van der Waals surface area (Å²) in [5.74, 6) is -0.328. The van der Waals surface area contributed by atoms with Crippen LogP contribution in [0.3, 0.4) is 0 Å². The van der Waals surface area contributed by atoms with Gasteiger partial charge in [-0.05, 0) is 38.1 Å². The van der Waals surface area contributed by atoms with E-state index in [2.05, 4.69) is 39.3 Å². The molecule has 2 N–H and O–H groups in total. The van der Waals surface area contributed by atoms with Gasteiger partial charge in [-0.1, -0.05) is 23.7 Å². The molecule has 0 radical (unpaired) electrons. The minimum Gasteiger partial charge on any atom is -0.449 e. The van der Waals surface area contributed by atoms with Gasteiger partial charge in [0, 0.05) is 43.8 Å². The molecule has 2 amide bonds. The maximum atomic E-state index is 12.9. The SMILES string of the molecule is CC(C)N1CCN(CC(=O)Nc2c(C(=O)Nc3ccc(Cl)cn3)oc3ccccc23)CC1. The number of fused-ring (bicyclic) bond motifs is 1. The molecule has 0 bridgehead atoms. The van der Waals surface area contributed by atoms with Crippen LogP contribution in [0.15, 0.2) is 47.0 Å². The van der Waals surface area contributed by atoms with Crippen molar-refractivity contribution in [3.63, 3.8) is 0 Å². The molecule has 3 aromatic rings. The van der Waals surface area contributed by atoms with Crippen molar-refractivity contribution in [2.24, 2.45) is 0 Å². The van der Waals surface area contributed by atoms with E-state index in [-0.39, 0.29) is 18.2 Å². The summed E-state index contributed by atoms with van der Waals surface area (Å²) in [5, 5.41) is 6.72. The zero-order chi connectivity index (χ0) is 22.7. The fourth-order valence-corrected chi connectivity index (χ4v) is 3.88. The highest BCUT2D eigenvalue weighted by Gasteiger charge is 2.25. The van der Waals surface area contributed by atoms with Crippen molar-refractivity contribution < 1.29 is 14.0 Å². The number of carbonyl (C=O) groups excluding carboxylic acids is 2. The van der Waals surface area contributed by atoms with Gasteiger partial charge in [-0.3, -0.25) is 19.4 Å². The number of furan rings is 1. The number of para-hydroxylation sites is 1. The van der Waals surface area contributed by atoms with Gasteiger partial charge in [0.15, 0.2) is 0 Å². The molecule has 3 heterocycles. The Labute approximate surface area is 191 Å². The smallest absolute Gasteiger partial charge is 0.294 e. The number of aromatic nitrogens is 1. The number of nitrogens with one attached hydrogen (secondary N) is 2. The molecular weight excluding hydrogens is 430 g/mol. The van der Waals surface area contributed by atoms with Crippen molar-refractivity contribution in [1.29, 1.82) is 0 Å². The molecule has 0 unspecified atom stereocenters. The molecule has 0 saturated carbocycles. The lowest BCUT2D eigenvalue weighted by Crippen LogP contribution is -2.50. The number of halogens is 1. The first-order chi connectivity index (χ1) is 15.4. The van der Waals surface area contributed by atoms with Crippen LogP contribution in [0.2, 0.25) is 5.02 Å². The Hall–Kier alpha value is -2.94. The standard InChI is InChI=1S/C23H26ClN5O3/c1-15(2)29-11-9-28(10-12-29)14-20(30)27-21-17-5-3-4-6-18(17)32-22(21)23(31)26-19-8-7-16(24)13-25-19/h3-8,13,15H,9-12,14H2,1-2H3,(H,27,30)(H,25,26,31). The highest BCUT2D eigenvalue weighted by Crippen LogP contribution is 2.31. The number of amides is 2. The molecule has 32 heavy (non-hydrogen) atoms. The van der Waals surface area contributed by atoms with Crippen molar-refractivity contribution in [2.45, 2.75) is 19.9 Å². The molecular formula is C23H26ClN5O3. The Morgan fingerprint density at radius 3 is 2.53 bits per heavy atom. The van der Waals surface area contributed by atoms with Gasteiger partial charge in [0.1, 0.15) is 17.1 Å². The summed E-state index contributed by atoms with van der Waals surface area (Å²) in [6.07, 6.45) is 1.44. The van der Waals surface area contributed by atoms with Gasteiger partial charge in [0.25, 0.3) is 5.91 Å². The molecule has 0 aliphatic carbocycles. The molecule has 1 aliphatic heterocycles. The highest BCUT2D eigenvalue weighted by atomic mass is 35.5. The van der Waals surface area contributed by atoms with E-state index >= 15 is 0 Å². The third-order valence-corrected chi connectivity index (χ3v) is 5.76. The highest BCUT2D eigenvalue weighted by molar-refractivity contribution is 6.30. The Balaban J connectivity index is 1.49. The van der Waals surface area contributed by atoms with Crippen LogP contribution >= 0.6 is 11.6 Å². The van der Waals surface area contributed by atoms with Crippen molar-refractivity contribution in [1.82, 2.24) is 14.8 Å². The molecule has 168 valence electrons. The molecule has 8 nitrogen and oxygen atoms in total. The van der Waals surface area contributed by atoms with Crippen LogP contribution < -0.4 is 10.6 Å². The van der Waals surface area contributed by atoms with Gasteiger partial charge in [-0.15, -0.1) is 0 Å². The number of nitrogens with zero attached hydrogens (tertiary/aromatic N) is 3. The minimum absolute atomic E-state index is 0.0286. The second-order valence-electron chi connectivity index (χ2n) is 8.07. The second kappa shape index (κ2) is 9.68. The number of pyridine rings is 1. The lowest BCUT2D eigenvalue weighted by atomic mass is 10.2. The monoisotopic (exact) mass is 455 g/mol. The van der Waals surface area contributed by atoms with Gasteiger partial charge < -0.3 is 15.1 Å². The van der Waals surface area contributed by atoms with Gasteiger partial charge in [0.2, 0.25) is 11.7 Å². The summed E-state index contributed by atoms with van der Waals surface area (Å²) < 4.78 is 5.79. The zero-order valence-corrected chi connectivity index (χ0v) is 18.9. The van der Waals surface area contributed by atoms with E-state index < -0.39 is 5.91 Å². The van der Waals surface area contributed by atoms with Crippen LogP contribution in [-0.4, -0.2) is 65.4 Å². The number of hydrogen-bond donors (Lipinski definition) is 2. The van der Waals surface area contributed by atoms with E-state index in [0.29, 0.717) is 33.5 Å². The van der Waals surface area contributed by atoms with Gasteiger partial charge >= 0.3 is 0 Å². The fourth-order valence-electron chi connectivity index (χ4n) is 3.77. The normalized spacial score (nSPS) is 15.2. The van der Waals surface area contributed by atoms with E-state index in [0.717, 1.165) is 26.2 Å². The Morgan fingerprint density at radius 2 is 1.84 bits per heavy atom. The number of hydrogen-bond acceptors (Lipinski definition) is 6. The number of anilines is 2. The van der Waals surface area contributed by atoms with Crippen LogP contribution in [0.5, 0.6) is 0 Å². The summed E-state index contributed by atoms with van der Waals surface area (Å²) in [7, 11) is 0. The molecule has 1 saturated heterocycles. The van der Waals surface area contributed by atoms with Gasteiger partial charge in [-0.25, -0.2) is 4.98 Å². The molecule has 0 spiro atoms. The Morgan fingerprint density at radius 1 is 1.09 bits per heavy atom. The average Bonchev–Trinajstić information content (AvgIpc) is 3.14. The summed E-state index contributed by atoms with van der Waals surface area (Å²) in [5.41, 5.74) is 0.875. The predicted molar refractivity (Wildman–Crippen MR) is 125 cm³/mol. The van der Waals surface area contributed by atoms with E-state index in [1.54, 1.807) is 18.2 Å². The number of carbonyl (C=O) groups is 2. The first-order valence-corrected chi connectivity index (χ1v) is 11.0. The van der Waals surface area contributed by atoms with Crippen LogP contribution in [0.25, 0.3) is 11.0 Å². The number of benzene rings is 1. The molecule has 9 heteroatoms. The van der Waals surface area contributed by atoms with Crippen LogP contribution in [0, 0.1) is 0 Å². The van der Waals surface area contributed by atoms with E-state index in [9.17, 15) is 9.59 Å². The molecule has 2 aromatic heterocycles. The molecule has 1 aromatic carbocycles. The molecule has 4 rings (SSSR count). The van der Waals surface area contributed by atoms with Crippen LogP contribution in [0.4, 0.5) is 11.5 Å². The maximum Gasteiger partial charge on any atom is 0.294 e. The van der Waals surface area contributed by atoms with Crippen molar-refractivity contribution in [3.8, 4) is 0 Å². The third kappa shape index (κ3) is 5.09. The number of piperazine rings is 1. The van der Waals surface area contributed by atoms with Gasteiger partial charge in [0.05, 0.1) is 11.6 Å². The molecule has 1 aliphatic rings. The van der Waals surface area contributed by atoms with Crippen molar-refractivity contribution in [3.05, 3.63) is 53.4 Å². The minimum atomic E-state index is -0.503. The topological polar surface area (TPSA) is 90.7 Å². The lowest BCUT2D eigenvalue weighted by molar-refractivity contribution is -0.117. The van der Waals surface area contributed by atoms with Gasteiger partial charge in [-0.2, -0.15) is 0 Å². The summed E-state index contributed by atoms with van der Waals surface area (Å²) >= 11 is 5.86. The quantitative estimate of drug-likeness (QED) is 0.589. The zero-order valence-electron chi connectivity index (χ0n) is 18.1. The third-order valence-electron chi connectivity index (χ3n) is 5.54. The van der Waals surface area contributed by atoms with E-state index in [4.69, 9.17) is 16.0 Å². The Bertz CT molecular complexity index is 1100. The largest absolute Gasteiger partial charge is 0.449 e. The van der Waals surface area contributed by atoms with E-state index in [1.165, 1.54) is 6.20 Å². The lowest BCUT2D eigenvalue weighted by Gasteiger charge is -2.36. The average molecular weight is 456 g/mol. The van der Waals surface area contributed by atoms with Crippen LogP contribution in [-0.2, 0) is 4.79 Å². The first-order valence-electron chi connectivity index (χ1n) is 10.6. The Kier molecular flexibility index (Phi) is 6.74. The number of rotatable bonds is 6. The molecule has 1 fully saturated rings. The summed E-state index contributed by atoms with van der Waals surface area (Å²) in [6.45, 7) is 8.13. The van der Waals surface area contributed by atoms with Crippen LogP contribution in [0.1, 0.15) is 24.4 Å². The molecule has 0 atom stereocenters. The van der Waals surface area contributed by atoms with Crippen molar-refractivity contribution >= 4 is 45.9 Å². The summed E-state index contributed by atoms with van der Waals surface area (Å²) in [4.78, 5) is 34.4. The fraction of sp³-hybridized carbons (Fsp3) is 0.348. The first kappa shape index (κ1) is 22.3.